The van der Waals surface area contributed by atoms with Gasteiger partial charge in [-0.2, -0.15) is 0 Å². The molecule has 0 spiro atoms. The van der Waals surface area contributed by atoms with Crippen molar-refractivity contribution >= 4 is 11.9 Å². The first kappa shape index (κ1) is 15.3. The molecule has 114 valence electrons. The molecule has 0 aromatic rings. The van der Waals surface area contributed by atoms with Gasteiger partial charge in [-0.3, -0.25) is 4.79 Å². The standard InChI is InChI=1S/C15H25NO4/c1-15(2,3)20-14(18)11-7-6-9-16(11)13(17)12-8-4-5-10-19-12/h11-12H,4-10H2,1-3H3/t11-,12?/m0/s1. The molecule has 5 nitrogen and oxygen atoms in total. The lowest BCUT2D eigenvalue weighted by atomic mass is 10.1. The fourth-order valence-electron chi connectivity index (χ4n) is 2.77. The molecule has 0 N–H and O–H groups in total. The second-order valence-corrected chi connectivity index (χ2v) is 6.58. The summed E-state index contributed by atoms with van der Waals surface area (Å²) in [6, 6.07) is -0.438. The van der Waals surface area contributed by atoms with E-state index in [0.29, 0.717) is 19.6 Å². The Hall–Kier alpha value is -1.10. The number of amides is 1. The molecule has 0 aromatic heterocycles. The van der Waals surface area contributed by atoms with E-state index in [9.17, 15) is 9.59 Å². The Bertz CT molecular complexity index is 369. The van der Waals surface area contributed by atoms with Crippen LogP contribution in [-0.2, 0) is 19.1 Å². The molecule has 2 atom stereocenters. The molecule has 0 saturated carbocycles. The predicted octanol–water partition coefficient (Wildman–Crippen LogP) is 1.89. The van der Waals surface area contributed by atoms with Crippen LogP contribution >= 0.6 is 0 Å². The molecular weight excluding hydrogens is 258 g/mol. The molecule has 0 aliphatic carbocycles. The van der Waals surface area contributed by atoms with E-state index >= 15 is 0 Å². The Morgan fingerprint density at radius 2 is 1.90 bits per heavy atom. The smallest absolute Gasteiger partial charge is 0.329 e. The summed E-state index contributed by atoms with van der Waals surface area (Å²) in [5, 5.41) is 0. The highest BCUT2D eigenvalue weighted by atomic mass is 16.6. The van der Waals surface area contributed by atoms with Gasteiger partial charge in [0.2, 0.25) is 0 Å². The van der Waals surface area contributed by atoms with Crippen LogP contribution in [0.3, 0.4) is 0 Å². The molecule has 0 aromatic carbocycles. The van der Waals surface area contributed by atoms with E-state index in [1.54, 1.807) is 4.90 Å². The van der Waals surface area contributed by atoms with Crippen LogP contribution in [0.4, 0.5) is 0 Å². The lowest BCUT2D eigenvalue weighted by molar-refractivity contribution is -0.166. The monoisotopic (exact) mass is 283 g/mol. The highest BCUT2D eigenvalue weighted by molar-refractivity contribution is 5.87. The fourth-order valence-corrected chi connectivity index (χ4v) is 2.77. The minimum absolute atomic E-state index is 0.0435. The van der Waals surface area contributed by atoms with Gasteiger partial charge in [0.25, 0.3) is 5.91 Å². The Kier molecular flexibility index (Phi) is 4.68. The number of rotatable bonds is 2. The van der Waals surface area contributed by atoms with Crippen molar-refractivity contribution in [3.05, 3.63) is 0 Å². The molecule has 2 fully saturated rings. The first-order chi connectivity index (χ1) is 9.38. The number of nitrogens with zero attached hydrogens (tertiary/aromatic N) is 1. The van der Waals surface area contributed by atoms with Crippen LogP contribution < -0.4 is 0 Å². The first-order valence-electron chi connectivity index (χ1n) is 7.53. The Morgan fingerprint density at radius 1 is 1.15 bits per heavy atom. The second-order valence-electron chi connectivity index (χ2n) is 6.58. The molecule has 20 heavy (non-hydrogen) atoms. The highest BCUT2D eigenvalue weighted by Crippen LogP contribution is 2.24. The molecule has 5 heteroatoms. The van der Waals surface area contributed by atoms with E-state index in [-0.39, 0.29) is 18.0 Å². The van der Waals surface area contributed by atoms with Crippen LogP contribution in [0.2, 0.25) is 0 Å². The van der Waals surface area contributed by atoms with E-state index < -0.39 is 11.6 Å². The number of likely N-dealkylation sites (tertiary alicyclic amines) is 1. The van der Waals surface area contributed by atoms with E-state index in [1.165, 1.54) is 0 Å². The molecule has 0 bridgehead atoms. The zero-order chi connectivity index (χ0) is 14.8. The van der Waals surface area contributed by atoms with Crippen LogP contribution in [0.25, 0.3) is 0 Å². The number of esters is 1. The molecule has 2 aliphatic rings. The van der Waals surface area contributed by atoms with Crippen LogP contribution in [-0.4, -0.2) is 47.7 Å². The number of hydrogen-bond donors (Lipinski definition) is 0. The second kappa shape index (κ2) is 6.12. The molecule has 0 radical (unpaired) electrons. The summed E-state index contributed by atoms with van der Waals surface area (Å²) in [5.41, 5.74) is -0.518. The molecule has 1 unspecified atom stereocenters. The van der Waals surface area contributed by atoms with Gasteiger partial charge >= 0.3 is 5.97 Å². The topological polar surface area (TPSA) is 55.8 Å². The van der Waals surface area contributed by atoms with Gasteiger partial charge in [0.15, 0.2) is 0 Å². The summed E-state index contributed by atoms with van der Waals surface area (Å²) in [5.74, 6) is -0.336. The lowest BCUT2D eigenvalue weighted by Crippen LogP contribution is -2.48. The number of hydrogen-bond acceptors (Lipinski definition) is 4. The summed E-state index contributed by atoms with van der Waals surface area (Å²) in [6.07, 6.45) is 3.96. The third kappa shape index (κ3) is 3.72. The maximum atomic E-state index is 12.5. The molecule has 2 heterocycles. The van der Waals surface area contributed by atoms with Crippen molar-refractivity contribution in [1.82, 2.24) is 4.90 Å². The van der Waals surface area contributed by atoms with E-state index in [0.717, 1.165) is 25.7 Å². The largest absolute Gasteiger partial charge is 0.458 e. The van der Waals surface area contributed by atoms with E-state index in [4.69, 9.17) is 9.47 Å². The van der Waals surface area contributed by atoms with Crippen molar-refractivity contribution in [2.24, 2.45) is 0 Å². The molecule has 2 saturated heterocycles. The summed E-state index contributed by atoms with van der Waals surface area (Å²) in [4.78, 5) is 26.3. The minimum Gasteiger partial charge on any atom is -0.458 e. The quantitative estimate of drug-likeness (QED) is 0.726. The van der Waals surface area contributed by atoms with Crippen LogP contribution in [0, 0.1) is 0 Å². The van der Waals surface area contributed by atoms with Gasteiger partial charge in [-0.05, 0) is 52.9 Å². The van der Waals surface area contributed by atoms with Crippen molar-refractivity contribution < 1.29 is 19.1 Å². The molecule has 1 amide bonds. The SMILES string of the molecule is CC(C)(C)OC(=O)[C@@H]1CCCN1C(=O)C1CCCCO1. The molecule has 2 aliphatic heterocycles. The van der Waals surface area contributed by atoms with Crippen molar-refractivity contribution in [3.8, 4) is 0 Å². The maximum absolute atomic E-state index is 12.5. The van der Waals surface area contributed by atoms with Crippen molar-refractivity contribution in [2.45, 2.75) is 70.6 Å². The summed E-state index contributed by atoms with van der Waals surface area (Å²) in [7, 11) is 0. The van der Waals surface area contributed by atoms with Gasteiger partial charge in [0.1, 0.15) is 17.7 Å². The van der Waals surface area contributed by atoms with Gasteiger partial charge in [-0.25, -0.2) is 4.79 Å². The normalized spacial score (nSPS) is 27.4. The summed E-state index contributed by atoms with van der Waals surface area (Å²) >= 11 is 0. The van der Waals surface area contributed by atoms with Crippen molar-refractivity contribution in [2.75, 3.05) is 13.2 Å². The molecular formula is C15H25NO4. The van der Waals surface area contributed by atoms with Gasteiger partial charge in [-0.1, -0.05) is 0 Å². The van der Waals surface area contributed by atoms with Crippen LogP contribution in [0.15, 0.2) is 0 Å². The van der Waals surface area contributed by atoms with Gasteiger partial charge in [-0.15, -0.1) is 0 Å². The third-order valence-corrected chi connectivity index (χ3v) is 3.67. The van der Waals surface area contributed by atoms with Gasteiger partial charge in [0.05, 0.1) is 0 Å². The van der Waals surface area contributed by atoms with Crippen molar-refractivity contribution in [3.63, 3.8) is 0 Å². The average Bonchev–Trinajstić information content (AvgIpc) is 2.86. The Balaban J connectivity index is 1.99. The lowest BCUT2D eigenvalue weighted by Gasteiger charge is -2.31. The van der Waals surface area contributed by atoms with Gasteiger partial charge < -0.3 is 14.4 Å². The first-order valence-corrected chi connectivity index (χ1v) is 7.53. The van der Waals surface area contributed by atoms with Crippen LogP contribution in [0.5, 0.6) is 0 Å². The third-order valence-electron chi connectivity index (χ3n) is 3.67. The predicted molar refractivity (Wildman–Crippen MR) is 74.2 cm³/mol. The summed E-state index contributed by atoms with van der Waals surface area (Å²) < 4.78 is 11.0. The van der Waals surface area contributed by atoms with Gasteiger partial charge in [0, 0.05) is 13.2 Å². The van der Waals surface area contributed by atoms with Crippen LogP contribution in [0.1, 0.15) is 52.9 Å². The minimum atomic E-state index is -0.518. The summed E-state index contributed by atoms with van der Waals surface area (Å²) in [6.45, 7) is 6.80. The average molecular weight is 283 g/mol. The zero-order valence-corrected chi connectivity index (χ0v) is 12.7. The zero-order valence-electron chi connectivity index (χ0n) is 12.7. The molecule has 2 rings (SSSR count). The highest BCUT2D eigenvalue weighted by Gasteiger charge is 2.39. The van der Waals surface area contributed by atoms with E-state index in [2.05, 4.69) is 0 Å². The van der Waals surface area contributed by atoms with E-state index in [1.807, 2.05) is 20.8 Å². The number of ether oxygens (including phenoxy) is 2. The number of carbonyl (C=O) groups excluding carboxylic acids is 2. The maximum Gasteiger partial charge on any atom is 0.329 e. The number of carbonyl (C=O) groups is 2. The Labute approximate surface area is 120 Å². The Morgan fingerprint density at radius 3 is 2.50 bits per heavy atom. The van der Waals surface area contributed by atoms with Crippen molar-refractivity contribution in [1.29, 1.82) is 0 Å². The fraction of sp³-hybridized carbons (Fsp3) is 0.867.